The van der Waals surface area contributed by atoms with Crippen LogP contribution in [0.1, 0.15) is 23.2 Å². The molecule has 0 amide bonds. The van der Waals surface area contributed by atoms with Crippen LogP contribution in [0, 0.1) is 0 Å². The lowest BCUT2D eigenvalue weighted by molar-refractivity contribution is 0.145. The highest BCUT2D eigenvalue weighted by Gasteiger charge is 2.17. The van der Waals surface area contributed by atoms with Crippen LogP contribution < -0.4 is 5.73 Å². The normalized spacial score (nSPS) is 10.9. The molecule has 0 aliphatic heterocycles. The number of halogens is 3. The molecule has 0 aromatic carbocycles. The summed E-state index contributed by atoms with van der Waals surface area (Å²) in [5.74, 6) is -0.00551. The van der Waals surface area contributed by atoms with Crippen molar-refractivity contribution in [3.63, 3.8) is 0 Å². The molecule has 3 nitrogen and oxygen atoms in total. The molecule has 6 heteroatoms. The summed E-state index contributed by atoms with van der Waals surface area (Å²) in [5.41, 5.74) is 5.64. The predicted octanol–water partition coefficient (Wildman–Crippen LogP) is 1.99. The minimum atomic E-state index is -2.68. The summed E-state index contributed by atoms with van der Waals surface area (Å²) in [6.07, 6.45) is -2.68. The Morgan fingerprint density at radius 1 is 1.57 bits per heavy atom. The average molecular weight is 267 g/mol. The van der Waals surface area contributed by atoms with Crippen LogP contribution in [-0.4, -0.2) is 10.1 Å². The van der Waals surface area contributed by atoms with Gasteiger partial charge in [0.15, 0.2) is 0 Å². The Labute approximate surface area is 88.1 Å². The monoisotopic (exact) mass is 266 g/mol. The Kier molecular flexibility index (Phi) is 3.77. The van der Waals surface area contributed by atoms with Crippen molar-refractivity contribution < 1.29 is 13.9 Å². The van der Waals surface area contributed by atoms with Gasteiger partial charge in [-0.1, -0.05) is 15.9 Å². The molecule has 1 rings (SSSR count). The van der Waals surface area contributed by atoms with Gasteiger partial charge in [-0.3, -0.25) is 0 Å². The van der Waals surface area contributed by atoms with Gasteiger partial charge in [0.05, 0.1) is 6.61 Å². The summed E-state index contributed by atoms with van der Waals surface area (Å²) in [5, 5.41) is 9.15. The molecule has 0 bridgehead atoms. The van der Waals surface area contributed by atoms with E-state index in [1.807, 2.05) is 0 Å². The van der Waals surface area contributed by atoms with Gasteiger partial charge in [0.25, 0.3) is 6.43 Å². The Bertz CT molecular complexity index is 333. The Hall–Kier alpha value is -0.750. The van der Waals surface area contributed by atoms with E-state index in [1.54, 1.807) is 0 Å². The Balaban J connectivity index is 3.31. The summed E-state index contributed by atoms with van der Waals surface area (Å²) in [7, 11) is 0. The van der Waals surface area contributed by atoms with Crippen LogP contribution in [-0.2, 0) is 11.9 Å². The lowest BCUT2D eigenvalue weighted by Crippen LogP contribution is -2.05. The number of nitrogens with two attached hydrogens (primary N) is 1. The highest BCUT2D eigenvalue weighted by Crippen LogP contribution is 2.27. The molecule has 0 aliphatic rings. The van der Waals surface area contributed by atoms with Crippen LogP contribution in [0.2, 0.25) is 0 Å². The molecule has 0 radical (unpaired) electrons. The third-order valence-corrected chi connectivity index (χ3v) is 2.34. The Morgan fingerprint density at radius 3 is 2.64 bits per heavy atom. The highest BCUT2D eigenvalue weighted by molar-refractivity contribution is 9.08. The second-order valence-electron chi connectivity index (χ2n) is 2.66. The van der Waals surface area contributed by atoms with Gasteiger partial charge in [-0.05, 0) is 17.2 Å². The van der Waals surface area contributed by atoms with Gasteiger partial charge in [0, 0.05) is 5.33 Å². The smallest absolute Gasteiger partial charge is 0.280 e. The maximum atomic E-state index is 12.5. The second-order valence-corrected chi connectivity index (χ2v) is 3.22. The van der Waals surface area contributed by atoms with E-state index >= 15 is 0 Å². The van der Waals surface area contributed by atoms with Gasteiger partial charge in [-0.15, -0.1) is 0 Å². The summed E-state index contributed by atoms with van der Waals surface area (Å²) in [6, 6.07) is 1.39. The lowest BCUT2D eigenvalue weighted by atomic mass is 10.1. The van der Waals surface area contributed by atoms with Gasteiger partial charge in [-0.25, -0.2) is 13.8 Å². The lowest BCUT2D eigenvalue weighted by Gasteiger charge is -2.10. The summed E-state index contributed by atoms with van der Waals surface area (Å²) in [4.78, 5) is 3.54. The third-order valence-electron chi connectivity index (χ3n) is 1.78. The minimum Gasteiger partial charge on any atom is -0.392 e. The van der Waals surface area contributed by atoms with Gasteiger partial charge >= 0.3 is 0 Å². The van der Waals surface area contributed by atoms with E-state index < -0.39 is 6.43 Å². The van der Waals surface area contributed by atoms with Crippen LogP contribution >= 0.6 is 15.9 Å². The van der Waals surface area contributed by atoms with Crippen molar-refractivity contribution in [1.29, 1.82) is 0 Å². The molecular formula is C8H9BrF2N2O. The number of anilines is 1. The zero-order valence-electron chi connectivity index (χ0n) is 7.17. The molecule has 0 saturated carbocycles. The molecule has 0 atom stereocenters. The number of aromatic nitrogens is 1. The van der Waals surface area contributed by atoms with E-state index in [0.29, 0.717) is 11.1 Å². The fraction of sp³-hybridized carbons (Fsp3) is 0.375. The number of hydrogen-bond donors (Lipinski definition) is 2. The minimum absolute atomic E-state index is 0.00551. The molecule has 1 aromatic rings. The van der Waals surface area contributed by atoms with E-state index in [9.17, 15) is 8.78 Å². The molecule has 0 saturated heterocycles. The average Bonchev–Trinajstić information content (AvgIpc) is 2.16. The van der Waals surface area contributed by atoms with Crippen molar-refractivity contribution >= 4 is 21.7 Å². The second kappa shape index (κ2) is 4.65. The zero-order chi connectivity index (χ0) is 10.7. The number of nitrogen functional groups attached to an aromatic ring is 1. The number of pyridine rings is 1. The predicted molar refractivity (Wildman–Crippen MR) is 52.2 cm³/mol. The molecule has 0 unspecified atom stereocenters. The molecular weight excluding hydrogens is 258 g/mol. The molecule has 3 N–H and O–H groups in total. The fourth-order valence-electron chi connectivity index (χ4n) is 1.14. The van der Waals surface area contributed by atoms with Crippen molar-refractivity contribution in [3.05, 3.63) is 22.9 Å². The van der Waals surface area contributed by atoms with E-state index in [1.165, 1.54) is 6.07 Å². The maximum absolute atomic E-state index is 12.5. The first-order valence-corrected chi connectivity index (χ1v) is 4.95. The maximum Gasteiger partial charge on any atom is 0.280 e. The number of rotatable bonds is 3. The van der Waals surface area contributed by atoms with E-state index in [0.717, 1.165) is 0 Å². The molecule has 78 valence electrons. The van der Waals surface area contributed by atoms with Gasteiger partial charge in [-0.2, -0.15) is 0 Å². The van der Waals surface area contributed by atoms with Crippen molar-refractivity contribution in [3.8, 4) is 0 Å². The van der Waals surface area contributed by atoms with Crippen LogP contribution in [0.15, 0.2) is 6.07 Å². The van der Waals surface area contributed by atoms with E-state index in [-0.39, 0.29) is 23.4 Å². The first-order chi connectivity index (χ1) is 6.60. The first-order valence-electron chi connectivity index (χ1n) is 3.83. The molecule has 1 heterocycles. The van der Waals surface area contributed by atoms with Gasteiger partial charge < -0.3 is 10.8 Å². The number of alkyl halides is 3. The van der Waals surface area contributed by atoms with Crippen molar-refractivity contribution in [2.45, 2.75) is 18.4 Å². The fourth-order valence-corrected chi connectivity index (χ4v) is 1.79. The Morgan fingerprint density at radius 2 is 2.21 bits per heavy atom. The highest BCUT2D eigenvalue weighted by atomic mass is 79.9. The molecule has 14 heavy (non-hydrogen) atoms. The largest absolute Gasteiger partial charge is 0.392 e. The summed E-state index contributed by atoms with van der Waals surface area (Å²) < 4.78 is 25.0. The zero-order valence-corrected chi connectivity index (χ0v) is 8.76. The standard InChI is InChI=1S/C8H9BrF2N2O/c9-2-5-4(3-14)1-6(12)13-7(5)8(10)11/h1,8,14H,2-3H2,(H2,12,13). The molecule has 1 aromatic heterocycles. The van der Waals surface area contributed by atoms with Crippen molar-refractivity contribution in [1.82, 2.24) is 4.98 Å². The van der Waals surface area contributed by atoms with Crippen LogP contribution in [0.5, 0.6) is 0 Å². The topological polar surface area (TPSA) is 59.1 Å². The van der Waals surface area contributed by atoms with E-state index in [4.69, 9.17) is 10.8 Å². The van der Waals surface area contributed by atoms with E-state index in [2.05, 4.69) is 20.9 Å². The SMILES string of the molecule is Nc1cc(CO)c(CBr)c(C(F)F)n1. The van der Waals surface area contributed by atoms with Crippen LogP contribution in [0.25, 0.3) is 0 Å². The van der Waals surface area contributed by atoms with Gasteiger partial charge in [0.1, 0.15) is 11.5 Å². The molecule has 0 spiro atoms. The van der Waals surface area contributed by atoms with Gasteiger partial charge in [0.2, 0.25) is 0 Å². The van der Waals surface area contributed by atoms with Crippen LogP contribution in [0.3, 0.4) is 0 Å². The number of nitrogens with zero attached hydrogens (tertiary/aromatic N) is 1. The molecule has 0 aliphatic carbocycles. The summed E-state index contributed by atoms with van der Waals surface area (Å²) >= 11 is 3.07. The summed E-state index contributed by atoms with van der Waals surface area (Å²) in [6.45, 7) is -0.326. The van der Waals surface area contributed by atoms with Crippen LogP contribution in [0.4, 0.5) is 14.6 Å². The van der Waals surface area contributed by atoms with Crippen molar-refractivity contribution in [2.24, 2.45) is 0 Å². The number of hydrogen-bond acceptors (Lipinski definition) is 3. The molecule has 0 fully saturated rings. The third kappa shape index (κ3) is 2.19. The number of aliphatic hydroxyl groups is 1. The first kappa shape index (κ1) is 11.3. The quantitative estimate of drug-likeness (QED) is 0.823. The van der Waals surface area contributed by atoms with Crippen molar-refractivity contribution in [2.75, 3.05) is 5.73 Å². The number of aliphatic hydroxyl groups excluding tert-OH is 1.